The van der Waals surface area contributed by atoms with Gasteiger partial charge in [-0.2, -0.15) is 4.37 Å². The Hall–Kier alpha value is -3.71. The maximum Gasteiger partial charge on any atom is 0.247 e. The number of ether oxygens (including phenoxy) is 1. The summed E-state index contributed by atoms with van der Waals surface area (Å²) in [5.41, 5.74) is 11.6. The van der Waals surface area contributed by atoms with Gasteiger partial charge in [-0.15, -0.1) is 0 Å². The van der Waals surface area contributed by atoms with Gasteiger partial charge in [0, 0.05) is 17.4 Å². The molecule has 0 unspecified atom stereocenters. The smallest absolute Gasteiger partial charge is 0.247 e. The summed E-state index contributed by atoms with van der Waals surface area (Å²) in [4.78, 5) is 17.2. The number of anilines is 2. The molecule has 0 atom stereocenters. The molecule has 0 fully saturated rings. The van der Waals surface area contributed by atoms with Gasteiger partial charge < -0.3 is 15.8 Å². The zero-order chi connectivity index (χ0) is 20.4. The number of fused-ring (bicyclic) bond motifs is 1. The van der Waals surface area contributed by atoms with E-state index in [0.29, 0.717) is 17.1 Å². The summed E-state index contributed by atoms with van der Waals surface area (Å²) in [6.07, 6.45) is 3.05. The Morgan fingerprint density at radius 3 is 2.83 bits per heavy atom. The van der Waals surface area contributed by atoms with E-state index >= 15 is 0 Å². The third-order valence-corrected chi connectivity index (χ3v) is 5.36. The molecule has 2 aromatic carbocycles. The molecule has 4 aromatic rings. The van der Waals surface area contributed by atoms with Gasteiger partial charge in [0.2, 0.25) is 5.91 Å². The van der Waals surface area contributed by atoms with Crippen molar-refractivity contribution in [2.75, 3.05) is 18.2 Å². The van der Waals surface area contributed by atoms with Gasteiger partial charge in [0.15, 0.2) is 0 Å². The molecule has 0 bridgehead atoms. The molecule has 7 heteroatoms. The molecule has 0 spiro atoms. The molecule has 2 aromatic heterocycles. The van der Waals surface area contributed by atoms with E-state index in [2.05, 4.69) is 21.3 Å². The molecular formula is C22H18N4O2S. The average molecular weight is 402 g/mol. The molecule has 2 heterocycles. The maximum absolute atomic E-state index is 11.6. The lowest BCUT2D eigenvalue weighted by Crippen LogP contribution is -2.06. The first-order valence-corrected chi connectivity index (χ1v) is 9.59. The van der Waals surface area contributed by atoms with Gasteiger partial charge in [-0.25, -0.2) is 0 Å². The zero-order valence-corrected chi connectivity index (χ0v) is 16.5. The first-order chi connectivity index (χ1) is 14.1. The topological polar surface area (TPSA) is 90.1 Å². The van der Waals surface area contributed by atoms with E-state index in [-0.39, 0.29) is 5.91 Å². The van der Waals surface area contributed by atoms with Gasteiger partial charge in [-0.05, 0) is 59.1 Å². The van der Waals surface area contributed by atoms with Crippen molar-refractivity contribution in [3.05, 3.63) is 67.4 Å². The normalized spacial score (nSPS) is 10.7. The fourth-order valence-corrected chi connectivity index (χ4v) is 3.81. The van der Waals surface area contributed by atoms with Gasteiger partial charge in [0.1, 0.15) is 16.8 Å². The van der Waals surface area contributed by atoms with E-state index in [1.165, 1.54) is 17.6 Å². The van der Waals surface area contributed by atoms with Crippen molar-refractivity contribution in [1.82, 2.24) is 9.36 Å². The number of methoxy groups -OCH3 is 1. The van der Waals surface area contributed by atoms with Crippen molar-refractivity contribution in [3.63, 3.8) is 0 Å². The first-order valence-electron chi connectivity index (χ1n) is 8.82. The molecule has 0 saturated heterocycles. The lowest BCUT2D eigenvalue weighted by Gasteiger charge is -2.08. The number of nitrogens with zero attached hydrogens (tertiary/aromatic N) is 2. The fourth-order valence-electron chi connectivity index (χ4n) is 3.01. The molecule has 0 radical (unpaired) electrons. The number of aromatic nitrogens is 2. The Bertz CT molecular complexity index is 1230. The summed E-state index contributed by atoms with van der Waals surface area (Å²) in [6.45, 7) is 3.47. The van der Waals surface area contributed by atoms with Gasteiger partial charge >= 0.3 is 0 Å². The minimum Gasteiger partial charge on any atom is -0.495 e. The lowest BCUT2D eigenvalue weighted by molar-refractivity contribution is -0.111. The predicted octanol–water partition coefficient (Wildman–Crippen LogP) is 4.74. The van der Waals surface area contributed by atoms with Crippen LogP contribution in [0.4, 0.5) is 11.4 Å². The second-order valence-corrected chi connectivity index (χ2v) is 7.11. The summed E-state index contributed by atoms with van der Waals surface area (Å²) in [5.74, 6) is 0.373. The highest BCUT2D eigenvalue weighted by atomic mass is 32.1. The predicted molar refractivity (Wildman–Crippen MR) is 118 cm³/mol. The van der Waals surface area contributed by atoms with Crippen LogP contribution in [0.5, 0.6) is 5.75 Å². The number of benzene rings is 2. The molecule has 1 amide bonds. The molecule has 0 aliphatic rings. The number of nitrogens with one attached hydrogen (secondary N) is 1. The number of rotatable bonds is 5. The van der Waals surface area contributed by atoms with Crippen LogP contribution in [0.3, 0.4) is 0 Å². The molecular weight excluding hydrogens is 384 g/mol. The Kier molecular flexibility index (Phi) is 4.97. The van der Waals surface area contributed by atoms with Crippen molar-refractivity contribution in [2.24, 2.45) is 0 Å². The van der Waals surface area contributed by atoms with E-state index in [1.807, 2.05) is 54.7 Å². The highest BCUT2D eigenvalue weighted by molar-refractivity contribution is 7.11. The molecule has 6 nitrogen and oxygen atoms in total. The third kappa shape index (κ3) is 3.68. The quantitative estimate of drug-likeness (QED) is 0.372. The second-order valence-electron chi connectivity index (χ2n) is 6.33. The number of hydrogen-bond donors (Lipinski definition) is 2. The number of carbonyl (C=O) groups excluding carboxylic acids is 1. The summed E-state index contributed by atoms with van der Waals surface area (Å²) >= 11 is 1.37. The largest absolute Gasteiger partial charge is 0.495 e. The lowest BCUT2D eigenvalue weighted by atomic mass is 10.1. The standard InChI is InChI=1S/C22H18N4O2S/c1-3-20(27)25-16-6-4-5-14(9-16)22-21-18(26-29-22)10-15(12-24-21)13-7-8-17(23)19(11-13)28-2/h3-12H,1,23H2,2H3,(H,25,27). The van der Waals surface area contributed by atoms with Gasteiger partial charge in [-0.3, -0.25) is 9.78 Å². The number of nitrogens with two attached hydrogens (primary N) is 1. The number of hydrogen-bond acceptors (Lipinski definition) is 6. The van der Waals surface area contributed by atoms with Crippen molar-refractivity contribution >= 4 is 39.8 Å². The third-order valence-electron chi connectivity index (χ3n) is 4.46. The van der Waals surface area contributed by atoms with E-state index < -0.39 is 0 Å². The second kappa shape index (κ2) is 7.73. The zero-order valence-electron chi connectivity index (χ0n) is 15.7. The molecule has 0 aliphatic carbocycles. The van der Waals surface area contributed by atoms with Gasteiger partial charge in [-0.1, -0.05) is 24.8 Å². The van der Waals surface area contributed by atoms with Crippen molar-refractivity contribution < 1.29 is 9.53 Å². The Morgan fingerprint density at radius 2 is 2.03 bits per heavy atom. The Balaban J connectivity index is 1.72. The minimum atomic E-state index is -0.252. The van der Waals surface area contributed by atoms with Crippen LogP contribution in [0.25, 0.3) is 32.6 Å². The van der Waals surface area contributed by atoms with E-state index in [4.69, 9.17) is 10.5 Å². The van der Waals surface area contributed by atoms with E-state index in [1.54, 1.807) is 7.11 Å². The van der Waals surface area contributed by atoms with Crippen LogP contribution in [0.15, 0.2) is 67.4 Å². The molecule has 3 N–H and O–H groups in total. The first kappa shape index (κ1) is 18.6. The monoisotopic (exact) mass is 402 g/mol. The maximum atomic E-state index is 11.6. The van der Waals surface area contributed by atoms with Crippen molar-refractivity contribution in [3.8, 4) is 27.3 Å². The van der Waals surface area contributed by atoms with Crippen LogP contribution in [0.1, 0.15) is 0 Å². The highest BCUT2D eigenvalue weighted by Crippen LogP contribution is 2.35. The Morgan fingerprint density at radius 1 is 1.17 bits per heavy atom. The van der Waals surface area contributed by atoms with Crippen LogP contribution in [-0.4, -0.2) is 22.4 Å². The number of pyridine rings is 1. The number of amides is 1. The van der Waals surface area contributed by atoms with Crippen molar-refractivity contribution in [2.45, 2.75) is 0 Å². The number of nitrogen functional groups attached to an aromatic ring is 1. The minimum absolute atomic E-state index is 0.252. The van der Waals surface area contributed by atoms with Crippen LogP contribution in [0, 0.1) is 0 Å². The average Bonchev–Trinajstić information content (AvgIpc) is 3.17. The fraction of sp³-hybridized carbons (Fsp3) is 0.0455. The molecule has 144 valence electrons. The van der Waals surface area contributed by atoms with E-state index in [9.17, 15) is 4.79 Å². The highest BCUT2D eigenvalue weighted by Gasteiger charge is 2.13. The van der Waals surface area contributed by atoms with Crippen LogP contribution in [-0.2, 0) is 4.79 Å². The van der Waals surface area contributed by atoms with Crippen LogP contribution < -0.4 is 15.8 Å². The Labute approximate surface area is 171 Å². The molecule has 0 saturated carbocycles. The van der Waals surface area contributed by atoms with Crippen LogP contribution >= 0.6 is 11.5 Å². The summed E-state index contributed by atoms with van der Waals surface area (Å²) in [5, 5.41) is 2.77. The van der Waals surface area contributed by atoms with Gasteiger partial charge in [0.25, 0.3) is 0 Å². The summed E-state index contributed by atoms with van der Waals surface area (Å²) < 4.78 is 9.88. The SMILES string of the molecule is C=CC(=O)Nc1cccc(-c2snc3cc(-c4ccc(N)c(OC)c4)cnc23)c1. The van der Waals surface area contributed by atoms with Crippen LogP contribution in [0.2, 0.25) is 0 Å². The summed E-state index contributed by atoms with van der Waals surface area (Å²) in [7, 11) is 1.59. The summed E-state index contributed by atoms with van der Waals surface area (Å²) in [6, 6.07) is 15.2. The molecule has 4 rings (SSSR count). The van der Waals surface area contributed by atoms with Crippen molar-refractivity contribution in [1.29, 1.82) is 0 Å². The van der Waals surface area contributed by atoms with Gasteiger partial charge in [0.05, 0.1) is 17.7 Å². The number of carbonyl (C=O) groups is 1. The van der Waals surface area contributed by atoms with E-state index in [0.717, 1.165) is 32.6 Å². The molecule has 29 heavy (non-hydrogen) atoms. The molecule has 0 aliphatic heterocycles.